The summed E-state index contributed by atoms with van der Waals surface area (Å²) in [5, 5.41) is 3.41. The zero-order valence-corrected chi connectivity index (χ0v) is 24.6. The van der Waals surface area contributed by atoms with Crippen molar-refractivity contribution in [2.75, 3.05) is 30.3 Å². The van der Waals surface area contributed by atoms with E-state index in [1.165, 1.54) is 4.90 Å². The minimum Gasteiger partial charge on any atom is -0.494 e. The van der Waals surface area contributed by atoms with Crippen molar-refractivity contribution in [3.63, 3.8) is 0 Å². The van der Waals surface area contributed by atoms with E-state index < -0.39 is 28.5 Å². The van der Waals surface area contributed by atoms with Gasteiger partial charge in [-0.3, -0.25) is 13.9 Å². The third-order valence-corrected chi connectivity index (χ3v) is 7.55. The minimum atomic E-state index is -3.85. The lowest BCUT2D eigenvalue weighted by Gasteiger charge is -2.33. The molecule has 0 aliphatic heterocycles. The molecule has 0 aliphatic carbocycles. The summed E-state index contributed by atoms with van der Waals surface area (Å²) in [6, 6.07) is 22.1. The van der Waals surface area contributed by atoms with Gasteiger partial charge in [-0.25, -0.2) is 8.42 Å². The molecule has 3 aromatic rings. The van der Waals surface area contributed by atoms with Gasteiger partial charge in [0.2, 0.25) is 21.8 Å². The van der Waals surface area contributed by atoms with Crippen LogP contribution in [0.1, 0.15) is 31.4 Å². The van der Waals surface area contributed by atoms with Crippen LogP contribution in [0.4, 0.5) is 5.69 Å². The first-order valence-electron chi connectivity index (χ1n) is 13.2. The summed E-state index contributed by atoms with van der Waals surface area (Å²) in [5.74, 6) is -0.246. The lowest BCUT2D eigenvalue weighted by Crippen LogP contribution is -2.53. The molecule has 0 radical (unpaired) electrons. The Labute approximate surface area is 241 Å². The SMILES string of the molecule is CCCNC(=O)[C@H](Cc1ccccc1)N(Cc1cccc(Cl)c1)C(=O)CN(c1ccc(OCC)cc1)S(C)(=O)=O. The Morgan fingerprint density at radius 1 is 0.950 bits per heavy atom. The molecular formula is C30H36ClN3O5S. The summed E-state index contributed by atoms with van der Waals surface area (Å²) in [5.41, 5.74) is 1.90. The fourth-order valence-electron chi connectivity index (χ4n) is 4.24. The average molecular weight is 586 g/mol. The molecule has 0 heterocycles. The molecule has 8 nitrogen and oxygen atoms in total. The number of hydrogen-bond donors (Lipinski definition) is 1. The van der Waals surface area contributed by atoms with E-state index in [4.69, 9.17) is 16.3 Å². The third-order valence-electron chi connectivity index (χ3n) is 6.18. The van der Waals surface area contributed by atoms with E-state index in [0.29, 0.717) is 35.2 Å². The van der Waals surface area contributed by atoms with Crippen LogP contribution in [-0.4, -0.2) is 57.1 Å². The molecule has 0 aromatic heterocycles. The lowest BCUT2D eigenvalue weighted by atomic mass is 10.0. The maximum atomic E-state index is 14.0. The molecule has 0 fully saturated rings. The van der Waals surface area contributed by atoms with Gasteiger partial charge in [-0.05, 0) is 60.9 Å². The molecule has 10 heteroatoms. The fraction of sp³-hybridized carbons (Fsp3) is 0.333. The van der Waals surface area contributed by atoms with Crippen LogP contribution in [0, 0.1) is 0 Å². The molecule has 1 atom stereocenters. The van der Waals surface area contributed by atoms with E-state index in [1.54, 1.807) is 42.5 Å². The Morgan fingerprint density at radius 2 is 1.62 bits per heavy atom. The van der Waals surface area contributed by atoms with Gasteiger partial charge in [-0.15, -0.1) is 0 Å². The van der Waals surface area contributed by atoms with Gasteiger partial charge in [0.15, 0.2) is 0 Å². The number of sulfonamides is 1. The topological polar surface area (TPSA) is 96.0 Å². The highest BCUT2D eigenvalue weighted by Crippen LogP contribution is 2.23. The van der Waals surface area contributed by atoms with Crippen molar-refractivity contribution in [1.29, 1.82) is 0 Å². The Kier molecular flexibility index (Phi) is 11.4. The van der Waals surface area contributed by atoms with Gasteiger partial charge in [0, 0.05) is 24.5 Å². The van der Waals surface area contributed by atoms with Crippen LogP contribution in [0.3, 0.4) is 0 Å². The molecule has 0 bridgehead atoms. The van der Waals surface area contributed by atoms with Gasteiger partial charge in [-0.1, -0.05) is 61.0 Å². The van der Waals surface area contributed by atoms with Crippen molar-refractivity contribution in [1.82, 2.24) is 10.2 Å². The largest absolute Gasteiger partial charge is 0.494 e. The normalized spacial score (nSPS) is 11.9. The summed E-state index contributed by atoms with van der Waals surface area (Å²) in [4.78, 5) is 28.9. The van der Waals surface area contributed by atoms with Gasteiger partial charge in [-0.2, -0.15) is 0 Å². The fourth-order valence-corrected chi connectivity index (χ4v) is 5.30. The number of nitrogens with zero attached hydrogens (tertiary/aromatic N) is 2. The van der Waals surface area contributed by atoms with Crippen LogP contribution in [0.2, 0.25) is 5.02 Å². The van der Waals surface area contributed by atoms with Crippen molar-refractivity contribution in [2.45, 2.75) is 39.3 Å². The standard InChI is InChI=1S/C30H36ClN3O5S/c1-4-18-32-30(36)28(20-23-10-7-6-8-11-23)33(21-24-12-9-13-25(31)19-24)29(35)22-34(40(3,37)38)26-14-16-27(17-15-26)39-5-2/h6-17,19,28H,4-5,18,20-22H2,1-3H3,(H,32,36)/t28-/m0/s1. The van der Waals surface area contributed by atoms with Gasteiger partial charge in [0.05, 0.1) is 18.6 Å². The number of hydrogen-bond acceptors (Lipinski definition) is 5. The Morgan fingerprint density at radius 3 is 2.23 bits per heavy atom. The number of halogens is 1. The minimum absolute atomic E-state index is 0.0668. The molecule has 214 valence electrons. The molecular weight excluding hydrogens is 550 g/mol. The Bertz CT molecular complexity index is 1370. The zero-order chi connectivity index (χ0) is 29.1. The van der Waals surface area contributed by atoms with E-state index in [2.05, 4.69) is 5.32 Å². The van der Waals surface area contributed by atoms with Crippen LogP contribution in [0.25, 0.3) is 0 Å². The van der Waals surface area contributed by atoms with Crippen molar-refractivity contribution in [3.05, 3.63) is 95.0 Å². The number of carbonyl (C=O) groups excluding carboxylic acids is 2. The van der Waals surface area contributed by atoms with E-state index in [9.17, 15) is 18.0 Å². The predicted octanol–water partition coefficient (Wildman–Crippen LogP) is 4.67. The second-order valence-electron chi connectivity index (χ2n) is 9.34. The van der Waals surface area contributed by atoms with Gasteiger partial charge in [0.25, 0.3) is 0 Å². The summed E-state index contributed by atoms with van der Waals surface area (Å²) >= 11 is 6.23. The van der Waals surface area contributed by atoms with Gasteiger partial charge >= 0.3 is 0 Å². The molecule has 0 aliphatic rings. The van der Waals surface area contributed by atoms with Crippen molar-refractivity contribution >= 4 is 39.1 Å². The number of nitrogens with one attached hydrogen (secondary N) is 1. The van der Waals surface area contributed by atoms with E-state index >= 15 is 0 Å². The van der Waals surface area contributed by atoms with E-state index in [0.717, 1.165) is 22.5 Å². The molecule has 0 saturated carbocycles. The highest BCUT2D eigenvalue weighted by atomic mass is 35.5. The molecule has 2 amide bonds. The van der Waals surface area contributed by atoms with Crippen LogP contribution >= 0.6 is 11.6 Å². The van der Waals surface area contributed by atoms with Crippen LogP contribution < -0.4 is 14.4 Å². The maximum Gasteiger partial charge on any atom is 0.244 e. The molecule has 0 spiro atoms. The predicted molar refractivity (Wildman–Crippen MR) is 159 cm³/mol. The third kappa shape index (κ3) is 8.99. The molecule has 3 aromatic carbocycles. The number of carbonyl (C=O) groups is 2. The van der Waals surface area contributed by atoms with Gasteiger partial charge in [0.1, 0.15) is 18.3 Å². The molecule has 1 N–H and O–H groups in total. The summed E-state index contributed by atoms with van der Waals surface area (Å²) < 4.78 is 32.2. The Balaban J connectivity index is 2.02. The number of benzene rings is 3. The molecule has 40 heavy (non-hydrogen) atoms. The second-order valence-corrected chi connectivity index (χ2v) is 11.7. The lowest BCUT2D eigenvalue weighted by molar-refractivity contribution is -0.140. The summed E-state index contributed by atoms with van der Waals surface area (Å²) in [6.45, 7) is 4.30. The maximum absolute atomic E-state index is 14.0. The zero-order valence-electron chi connectivity index (χ0n) is 23.0. The Hall–Kier alpha value is -3.56. The molecule has 0 saturated heterocycles. The number of anilines is 1. The summed E-state index contributed by atoms with van der Waals surface area (Å²) in [7, 11) is -3.85. The number of amides is 2. The average Bonchev–Trinajstić information content (AvgIpc) is 2.93. The number of rotatable bonds is 14. The first kappa shape index (κ1) is 31.0. The summed E-state index contributed by atoms with van der Waals surface area (Å²) in [6.07, 6.45) is 2.03. The van der Waals surface area contributed by atoms with Crippen molar-refractivity contribution < 1.29 is 22.7 Å². The smallest absolute Gasteiger partial charge is 0.244 e. The van der Waals surface area contributed by atoms with Crippen LogP contribution in [0.15, 0.2) is 78.9 Å². The monoisotopic (exact) mass is 585 g/mol. The van der Waals surface area contributed by atoms with Crippen molar-refractivity contribution in [3.8, 4) is 5.75 Å². The number of ether oxygens (including phenoxy) is 1. The van der Waals surface area contributed by atoms with Gasteiger partial charge < -0.3 is 15.0 Å². The molecule has 0 unspecified atom stereocenters. The van der Waals surface area contributed by atoms with Crippen molar-refractivity contribution in [2.24, 2.45) is 0 Å². The van der Waals surface area contributed by atoms with E-state index in [-0.39, 0.29) is 18.9 Å². The molecule has 3 rings (SSSR count). The van der Waals surface area contributed by atoms with E-state index in [1.807, 2.05) is 50.2 Å². The second kappa shape index (κ2) is 14.7. The van der Waals surface area contributed by atoms with Crippen LogP contribution in [-0.2, 0) is 32.6 Å². The highest BCUT2D eigenvalue weighted by molar-refractivity contribution is 7.92. The first-order valence-corrected chi connectivity index (χ1v) is 15.4. The first-order chi connectivity index (χ1) is 19.1. The highest BCUT2D eigenvalue weighted by Gasteiger charge is 2.33. The van der Waals surface area contributed by atoms with Crippen LogP contribution in [0.5, 0.6) is 5.75 Å². The quantitative estimate of drug-likeness (QED) is 0.297.